The zero-order chi connectivity index (χ0) is 15.4. The molecule has 3 N–H and O–H groups in total. The number of rotatable bonds is 4. The first-order chi connectivity index (χ1) is 9.99. The van der Waals surface area contributed by atoms with E-state index in [0.717, 1.165) is 0 Å². The maximum atomic E-state index is 12.2. The molecule has 0 aliphatic carbocycles. The molecule has 2 heterocycles. The maximum absolute atomic E-state index is 12.2. The third-order valence-electron chi connectivity index (χ3n) is 3.88. The first kappa shape index (κ1) is 15.7. The van der Waals surface area contributed by atoms with Crippen molar-refractivity contribution < 1.29 is 9.59 Å². The van der Waals surface area contributed by atoms with Crippen molar-refractivity contribution in [3.63, 3.8) is 0 Å². The van der Waals surface area contributed by atoms with Crippen LogP contribution in [0.1, 0.15) is 19.8 Å². The summed E-state index contributed by atoms with van der Waals surface area (Å²) in [6, 6.07) is 3.12. The third-order valence-corrected chi connectivity index (χ3v) is 4.18. The summed E-state index contributed by atoms with van der Waals surface area (Å²) in [5.74, 6) is -0.472. The average molecular weight is 311 g/mol. The van der Waals surface area contributed by atoms with Crippen molar-refractivity contribution in [2.24, 2.45) is 11.7 Å². The van der Waals surface area contributed by atoms with Gasteiger partial charge in [0.05, 0.1) is 11.7 Å². The van der Waals surface area contributed by atoms with Gasteiger partial charge in [0.1, 0.15) is 0 Å². The number of primary amides is 1. The van der Waals surface area contributed by atoms with E-state index >= 15 is 0 Å². The van der Waals surface area contributed by atoms with E-state index in [1.807, 2.05) is 11.8 Å². The highest BCUT2D eigenvalue weighted by atomic mass is 35.5. The van der Waals surface area contributed by atoms with Gasteiger partial charge in [-0.15, -0.1) is 0 Å². The molecule has 1 saturated heterocycles. The summed E-state index contributed by atoms with van der Waals surface area (Å²) in [5, 5.41) is 3.04. The molecule has 1 aromatic heterocycles. The van der Waals surface area contributed by atoms with Gasteiger partial charge in [0, 0.05) is 12.1 Å². The molecule has 2 rings (SSSR count). The first-order valence-electron chi connectivity index (χ1n) is 6.93. The molecular weight excluding hydrogens is 292 g/mol. The molecule has 1 aliphatic heterocycles. The van der Waals surface area contributed by atoms with Crippen molar-refractivity contribution in [1.82, 2.24) is 9.88 Å². The molecular formula is C14H19ClN4O2. The Kier molecular flexibility index (Phi) is 5.14. The predicted octanol–water partition coefficient (Wildman–Crippen LogP) is 1.26. The molecule has 2 amide bonds. The number of anilines is 1. The molecule has 1 aliphatic rings. The lowest BCUT2D eigenvalue weighted by molar-refractivity contribution is -0.124. The van der Waals surface area contributed by atoms with Crippen molar-refractivity contribution in [3.05, 3.63) is 23.5 Å². The summed E-state index contributed by atoms with van der Waals surface area (Å²) in [7, 11) is 0. The Morgan fingerprint density at radius 1 is 1.48 bits per heavy atom. The van der Waals surface area contributed by atoms with Gasteiger partial charge in [0.15, 0.2) is 5.15 Å². The van der Waals surface area contributed by atoms with E-state index in [4.69, 9.17) is 17.3 Å². The number of nitrogens with one attached hydrogen (secondary N) is 1. The number of carbonyl (C=O) groups excluding carboxylic acids is 2. The molecule has 21 heavy (non-hydrogen) atoms. The van der Waals surface area contributed by atoms with E-state index in [1.54, 1.807) is 18.3 Å². The van der Waals surface area contributed by atoms with Gasteiger partial charge >= 0.3 is 0 Å². The number of aromatic nitrogens is 1. The minimum absolute atomic E-state index is 0.0794. The lowest BCUT2D eigenvalue weighted by atomic mass is 9.95. The minimum Gasteiger partial charge on any atom is -0.369 e. The van der Waals surface area contributed by atoms with Gasteiger partial charge in [0.25, 0.3) is 0 Å². The minimum atomic E-state index is -0.296. The van der Waals surface area contributed by atoms with Crippen molar-refractivity contribution in [2.45, 2.75) is 25.8 Å². The van der Waals surface area contributed by atoms with E-state index in [-0.39, 0.29) is 28.9 Å². The van der Waals surface area contributed by atoms with Gasteiger partial charge in [-0.05, 0) is 45.0 Å². The molecule has 114 valence electrons. The Balaban J connectivity index is 1.92. The van der Waals surface area contributed by atoms with Gasteiger partial charge in [-0.2, -0.15) is 0 Å². The van der Waals surface area contributed by atoms with Gasteiger partial charge in [-0.3, -0.25) is 14.5 Å². The molecule has 0 radical (unpaired) electrons. The quantitative estimate of drug-likeness (QED) is 0.819. The van der Waals surface area contributed by atoms with Crippen LogP contribution in [0.4, 0.5) is 5.69 Å². The second-order valence-electron chi connectivity index (χ2n) is 5.22. The van der Waals surface area contributed by atoms with Crippen molar-refractivity contribution in [2.75, 3.05) is 18.4 Å². The van der Waals surface area contributed by atoms with Crippen LogP contribution in [0.5, 0.6) is 0 Å². The number of amides is 2. The molecule has 0 bridgehead atoms. The number of halogens is 1. The molecule has 0 saturated carbocycles. The van der Waals surface area contributed by atoms with Gasteiger partial charge < -0.3 is 11.1 Å². The fourth-order valence-electron chi connectivity index (χ4n) is 2.45. The van der Waals surface area contributed by atoms with Crippen molar-refractivity contribution >= 4 is 29.1 Å². The van der Waals surface area contributed by atoms with Crippen LogP contribution in [0.15, 0.2) is 18.3 Å². The maximum Gasteiger partial charge on any atom is 0.241 e. The number of hydrogen-bond donors (Lipinski definition) is 2. The summed E-state index contributed by atoms with van der Waals surface area (Å²) in [6.07, 6.45) is 2.96. The number of nitrogens with zero attached hydrogens (tertiary/aromatic N) is 2. The molecule has 0 aromatic carbocycles. The van der Waals surface area contributed by atoms with E-state index < -0.39 is 0 Å². The fraction of sp³-hybridized carbons (Fsp3) is 0.500. The summed E-state index contributed by atoms with van der Waals surface area (Å²) in [6.45, 7) is 3.20. The molecule has 7 heteroatoms. The summed E-state index contributed by atoms with van der Waals surface area (Å²) in [4.78, 5) is 29.4. The fourth-order valence-corrected chi connectivity index (χ4v) is 2.62. The van der Waals surface area contributed by atoms with Crippen LogP contribution in [0, 0.1) is 5.92 Å². The van der Waals surface area contributed by atoms with E-state index in [0.29, 0.717) is 31.6 Å². The standard InChI is InChI=1S/C14H19ClN4O2/c1-9(19-7-4-10(5-8-19)13(16)20)14(21)18-11-3-2-6-17-12(11)15/h2-3,6,9-10H,4-5,7-8H2,1H3,(H2,16,20)(H,18,21)/t9-/m1/s1. The van der Waals surface area contributed by atoms with Gasteiger partial charge in [-0.1, -0.05) is 11.6 Å². The number of hydrogen-bond acceptors (Lipinski definition) is 4. The van der Waals surface area contributed by atoms with Crippen LogP contribution in [-0.2, 0) is 9.59 Å². The zero-order valence-electron chi connectivity index (χ0n) is 11.9. The number of carbonyl (C=O) groups is 2. The topological polar surface area (TPSA) is 88.3 Å². The van der Waals surface area contributed by atoms with Crippen molar-refractivity contribution in [1.29, 1.82) is 0 Å². The van der Waals surface area contributed by atoms with Crippen LogP contribution in [0.25, 0.3) is 0 Å². The Morgan fingerprint density at radius 3 is 2.71 bits per heavy atom. The van der Waals surface area contributed by atoms with Gasteiger partial charge in [0.2, 0.25) is 11.8 Å². The van der Waals surface area contributed by atoms with E-state index in [1.165, 1.54) is 0 Å². The van der Waals surface area contributed by atoms with E-state index in [2.05, 4.69) is 10.3 Å². The summed E-state index contributed by atoms with van der Waals surface area (Å²) in [5.41, 5.74) is 5.81. The highest BCUT2D eigenvalue weighted by Crippen LogP contribution is 2.21. The SMILES string of the molecule is C[C@H](C(=O)Nc1cccnc1Cl)N1CCC(C(N)=O)CC1. The van der Waals surface area contributed by atoms with E-state index in [9.17, 15) is 9.59 Å². The van der Waals surface area contributed by atoms with Crippen LogP contribution >= 0.6 is 11.6 Å². The highest BCUT2D eigenvalue weighted by Gasteiger charge is 2.28. The summed E-state index contributed by atoms with van der Waals surface area (Å²) >= 11 is 5.92. The smallest absolute Gasteiger partial charge is 0.241 e. The Labute approximate surface area is 128 Å². The Hall–Kier alpha value is -1.66. The second-order valence-corrected chi connectivity index (χ2v) is 5.58. The van der Waals surface area contributed by atoms with Crippen LogP contribution in [-0.4, -0.2) is 40.8 Å². The van der Waals surface area contributed by atoms with Crippen LogP contribution < -0.4 is 11.1 Å². The largest absolute Gasteiger partial charge is 0.369 e. The zero-order valence-corrected chi connectivity index (χ0v) is 12.6. The highest BCUT2D eigenvalue weighted by molar-refractivity contribution is 6.32. The number of piperidine rings is 1. The number of likely N-dealkylation sites (tertiary alicyclic amines) is 1. The third kappa shape index (κ3) is 3.92. The Morgan fingerprint density at radius 2 is 2.14 bits per heavy atom. The molecule has 0 unspecified atom stereocenters. The molecule has 1 fully saturated rings. The van der Waals surface area contributed by atoms with Gasteiger partial charge in [-0.25, -0.2) is 4.98 Å². The van der Waals surface area contributed by atoms with Crippen molar-refractivity contribution in [3.8, 4) is 0 Å². The first-order valence-corrected chi connectivity index (χ1v) is 7.31. The molecule has 1 atom stereocenters. The summed E-state index contributed by atoms with van der Waals surface area (Å²) < 4.78 is 0. The molecule has 6 nitrogen and oxygen atoms in total. The molecule has 1 aromatic rings. The van der Waals surface area contributed by atoms with Crippen LogP contribution in [0.2, 0.25) is 5.15 Å². The predicted molar refractivity (Wildman–Crippen MR) is 80.8 cm³/mol. The number of pyridine rings is 1. The lowest BCUT2D eigenvalue weighted by Crippen LogP contribution is -2.47. The Bertz CT molecular complexity index is 529. The lowest BCUT2D eigenvalue weighted by Gasteiger charge is -2.34. The number of nitrogens with two attached hydrogens (primary N) is 1. The normalized spacial score (nSPS) is 18.2. The molecule has 0 spiro atoms. The monoisotopic (exact) mass is 310 g/mol. The second kappa shape index (κ2) is 6.87. The average Bonchev–Trinajstić information content (AvgIpc) is 2.49. The van der Waals surface area contributed by atoms with Crippen LogP contribution in [0.3, 0.4) is 0 Å².